The normalized spacial score (nSPS) is 20.0. The first kappa shape index (κ1) is 15.5. The summed E-state index contributed by atoms with van der Waals surface area (Å²) in [7, 11) is -1.42. The zero-order valence-corrected chi connectivity index (χ0v) is 13.5. The summed E-state index contributed by atoms with van der Waals surface area (Å²) in [5.74, 6) is 0. The molecule has 0 saturated carbocycles. The summed E-state index contributed by atoms with van der Waals surface area (Å²) in [6.45, 7) is 7.16. The number of nitrogens with zero attached hydrogens (tertiary/aromatic N) is 1. The predicted molar refractivity (Wildman–Crippen MR) is 81.4 cm³/mol. The van der Waals surface area contributed by atoms with Crippen molar-refractivity contribution in [2.45, 2.75) is 44.0 Å². The van der Waals surface area contributed by atoms with E-state index in [2.05, 4.69) is 12.2 Å². The number of aryl methyl sites for hydroxylation is 2. The monoisotopic (exact) mass is 296 g/mol. The molecular weight excluding hydrogens is 272 g/mol. The van der Waals surface area contributed by atoms with Gasteiger partial charge in [-0.1, -0.05) is 6.07 Å². The third-order valence-electron chi connectivity index (χ3n) is 4.26. The molecule has 1 N–H and O–H groups in total. The number of hydrogen-bond acceptors (Lipinski definition) is 3. The Morgan fingerprint density at radius 2 is 1.60 bits per heavy atom. The molecule has 1 fully saturated rings. The van der Waals surface area contributed by atoms with Gasteiger partial charge in [0.15, 0.2) is 0 Å². The van der Waals surface area contributed by atoms with Crippen molar-refractivity contribution in [3.05, 3.63) is 29.3 Å². The minimum Gasteiger partial charge on any atom is -0.314 e. The van der Waals surface area contributed by atoms with E-state index >= 15 is 0 Å². The van der Waals surface area contributed by atoms with Crippen molar-refractivity contribution in [1.82, 2.24) is 9.62 Å². The maximum absolute atomic E-state index is 12.7. The van der Waals surface area contributed by atoms with Crippen molar-refractivity contribution in [3.8, 4) is 0 Å². The number of piperidine rings is 1. The van der Waals surface area contributed by atoms with Crippen LogP contribution >= 0.6 is 0 Å². The molecule has 1 aromatic rings. The van der Waals surface area contributed by atoms with E-state index in [-0.39, 0.29) is 5.54 Å². The van der Waals surface area contributed by atoms with Crippen molar-refractivity contribution < 1.29 is 8.42 Å². The van der Waals surface area contributed by atoms with Crippen LogP contribution in [0.25, 0.3) is 0 Å². The molecule has 4 nitrogen and oxygen atoms in total. The Hall–Kier alpha value is -0.910. The molecule has 1 saturated heterocycles. The predicted octanol–water partition coefficient (Wildman–Crippen LogP) is 2.07. The molecule has 1 aliphatic heterocycles. The lowest BCUT2D eigenvalue weighted by molar-refractivity contribution is 0.219. The van der Waals surface area contributed by atoms with Gasteiger partial charge in [0.2, 0.25) is 10.0 Å². The van der Waals surface area contributed by atoms with Crippen LogP contribution in [-0.2, 0) is 10.0 Å². The van der Waals surface area contributed by atoms with Crippen LogP contribution in [0.3, 0.4) is 0 Å². The van der Waals surface area contributed by atoms with Crippen LogP contribution in [0, 0.1) is 13.8 Å². The first-order chi connectivity index (χ1) is 9.27. The number of benzene rings is 1. The molecule has 0 radical (unpaired) electrons. The summed E-state index contributed by atoms with van der Waals surface area (Å²) in [5, 5.41) is 3.29. The Morgan fingerprint density at radius 3 is 2.05 bits per heavy atom. The van der Waals surface area contributed by atoms with Gasteiger partial charge in [-0.3, -0.25) is 0 Å². The first-order valence-electron chi connectivity index (χ1n) is 7.04. The quantitative estimate of drug-likeness (QED) is 0.929. The average molecular weight is 296 g/mol. The maximum Gasteiger partial charge on any atom is 0.243 e. The highest BCUT2D eigenvalue weighted by Gasteiger charge is 2.34. The highest BCUT2D eigenvalue weighted by atomic mass is 32.2. The fraction of sp³-hybridized carbons (Fsp3) is 0.600. The first-order valence-corrected chi connectivity index (χ1v) is 8.48. The average Bonchev–Trinajstić information content (AvgIpc) is 2.38. The van der Waals surface area contributed by atoms with Crippen LogP contribution in [0.1, 0.15) is 30.9 Å². The van der Waals surface area contributed by atoms with Crippen LogP contribution in [-0.4, -0.2) is 38.4 Å². The van der Waals surface area contributed by atoms with Gasteiger partial charge in [-0.05, 0) is 63.9 Å². The van der Waals surface area contributed by atoms with E-state index in [0.29, 0.717) is 18.0 Å². The minimum atomic E-state index is -3.36. The maximum atomic E-state index is 12.7. The van der Waals surface area contributed by atoms with Crippen molar-refractivity contribution in [1.29, 1.82) is 0 Å². The Labute approximate surface area is 122 Å². The van der Waals surface area contributed by atoms with Crippen LogP contribution < -0.4 is 5.32 Å². The summed E-state index contributed by atoms with van der Waals surface area (Å²) in [6.07, 6.45) is 1.68. The molecule has 1 aromatic carbocycles. The van der Waals surface area contributed by atoms with Crippen molar-refractivity contribution in [3.63, 3.8) is 0 Å². The second-order valence-corrected chi connectivity index (χ2v) is 7.98. The molecule has 20 heavy (non-hydrogen) atoms. The molecule has 0 bridgehead atoms. The lowest BCUT2D eigenvalue weighted by Crippen LogP contribution is -2.51. The molecule has 112 valence electrons. The number of rotatable bonds is 3. The molecule has 2 rings (SSSR count). The van der Waals surface area contributed by atoms with E-state index in [1.807, 2.05) is 27.0 Å². The van der Waals surface area contributed by atoms with Crippen molar-refractivity contribution >= 4 is 10.0 Å². The fourth-order valence-corrected chi connectivity index (χ4v) is 4.33. The van der Waals surface area contributed by atoms with Crippen LogP contribution in [0.15, 0.2) is 23.1 Å². The number of hydrogen-bond donors (Lipinski definition) is 1. The summed E-state index contributed by atoms with van der Waals surface area (Å²) in [5.41, 5.74) is 2.02. The molecule has 1 aliphatic rings. The number of sulfonamides is 1. The van der Waals surface area contributed by atoms with E-state index in [4.69, 9.17) is 0 Å². The third-order valence-corrected chi connectivity index (χ3v) is 6.14. The van der Waals surface area contributed by atoms with Crippen molar-refractivity contribution in [2.75, 3.05) is 20.1 Å². The topological polar surface area (TPSA) is 49.4 Å². The Balaban J connectivity index is 2.24. The molecular formula is C15H24N2O2S. The summed E-state index contributed by atoms with van der Waals surface area (Å²) >= 11 is 0. The highest BCUT2D eigenvalue weighted by molar-refractivity contribution is 7.89. The molecule has 0 aliphatic carbocycles. The summed E-state index contributed by atoms with van der Waals surface area (Å²) < 4.78 is 27.0. The largest absolute Gasteiger partial charge is 0.314 e. The lowest BCUT2D eigenvalue weighted by Gasteiger charge is -2.38. The molecule has 0 spiro atoms. The van der Waals surface area contributed by atoms with Gasteiger partial charge in [0.25, 0.3) is 0 Å². The van der Waals surface area contributed by atoms with Gasteiger partial charge in [0.1, 0.15) is 0 Å². The number of nitrogens with one attached hydrogen (secondary N) is 1. The molecule has 1 heterocycles. The molecule has 0 aromatic heterocycles. The molecule has 0 amide bonds. The zero-order valence-electron chi connectivity index (χ0n) is 12.7. The lowest BCUT2D eigenvalue weighted by atomic mass is 9.91. The van der Waals surface area contributed by atoms with Gasteiger partial charge in [0.05, 0.1) is 4.90 Å². The minimum absolute atomic E-state index is 0.0501. The molecule has 0 unspecified atom stereocenters. The fourth-order valence-electron chi connectivity index (χ4n) is 2.70. The molecule has 0 atom stereocenters. The second-order valence-electron chi connectivity index (χ2n) is 6.04. The van der Waals surface area contributed by atoms with Gasteiger partial charge in [-0.2, -0.15) is 4.31 Å². The van der Waals surface area contributed by atoms with E-state index in [0.717, 1.165) is 24.0 Å². The summed E-state index contributed by atoms with van der Waals surface area (Å²) in [6, 6.07) is 5.51. The third kappa shape index (κ3) is 3.05. The van der Waals surface area contributed by atoms with Crippen LogP contribution in [0.5, 0.6) is 0 Å². The Morgan fingerprint density at radius 1 is 1.10 bits per heavy atom. The van der Waals surface area contributed by atoms with E-state index in [9.17, 15) is 8.42 Å². The standard InChI is InChI=1S/C15H24N2O2S/c1-12-9-13(2)11-14(10-12)20(18,19)17-7-5-15(3,16-4)6-8-17/h9-11,16H,5-8H2,1-4H3. The second kappa shape index (κ2) is 5.47. The molecule has 5 heteroatoms. The van der Waals surface area contributed by atoms with E-state index < -0.39 is 10.0 Å². The Kier molecular flexibility index (Phi) is 4.23. The highest BCUT2D eigenvalue weighted by Crippen LogP contribution is 2.26. The van der Waals surface area contributed by atoms with E-state index in [1.54, 1.807) is 16.4 Å². The zero-order chi connectivity index (χ0) is 15.0. The van der Waals surface area contributed by atoms with Crippen LogP contribution in [0.4, 0.5) is 0 Å². The van der Waals surface area contributed by atoms with Crippen molar-refractivity contribution in [2.24, 2.45) is 0 Å². The summed E-state index contributed by atoms with van der Waals surface area (Å²) in [4.78, 5) is 0.420. The van der Waals surface area contributed by atoms with Gasteiger partial charge >= 0.3 is 0 Å². The van der Waals surface area contributed by atoms with E-state index in [1.165, 1.54) is 0 Å². The van der Waals surface area contributed by atoms with Gasteiger partial charge in [0, 0.05) is 18.6 Å². The smallest absolute Gasteiger partial charge is 0.243 e. The van der Waals surface area contributed by atoms with Gasteiger partial charge < -0.3 is 5.32 Å². The Bertz CT molecular complexity index is 568. The van der Waals surface area contributed by atoms with Gasteiger partial charge in [-0.15, -0.1) is 0 Å². The van der Waals surface area contributed by atoms with Gasteiger partial charge in [-0.25, -0.2) is 8.42 Å². The van der Waals surface area contributed by atoms with Crippen LogP contribution in [0.2, 0.25) is 0 Å². The SMILES string of the molecule is CNC1(C)CCN(S(=O)(=O)c2cc(C)cc(C)c2)CC1.